The van der Waals surface area contributed by atoms with Crippen molar-refractivity contribution in [2.24, 2.45) is 0 Å². The normalized spacial score (nSPS) is 11.1. The van der Waals surface area contributed by atoms with Crippen molar-refractivity contribution >= 4 is 27.5 Å². The topological polar surface area (TPSA) is 112 Å². The molecule has 0 amide bonds. The summed E-state index contributed by atoms with van der Waals surface area (Å²) in [6, 6.07) is 0. The van der Waals surface area contributed by atoms with E-state index in [0.717, 1.165) is 15.9 Å². The molecule has 0 radical (unpaired) electrons. The number of aromatic carboxylic acids is 1. The zero-order valence-electron chi connectivity index (χ0n) is 10.1. The number of aromatic nitrogens is 2. The molecular weight excluding hydrogens is 272 g/mol. The average Bonchev–Trinajstić information content (AvgIpc) is 2.66. The first-order valence-electron chi connectivity index (χ1n) is 5.57. The maximum Gasteiger partial charge on any atom is 0.346 e. The lowest BCUT2D eigenvalue weighted by Crippen LogP contribution is -2.35. The molecule has 2 aromatic rings. The third-order valence-electron chi connectivity index (χ3n) is 2.81. The van der Waals surface area contributed by atoms with Crippen LogP contribution in [0.5, 0.6) is 0 Å². The van der Waals surface area contributed by atoms with Gasteiger partial charge < -0.3 is 10.2 Å². The molecular formula is C11H12N2O5S. The molecule has 0 atom stereocenters. The first-order valence-corrected chi connectivity index (χ1v) is 6.39. The molecule has 2 heterocycles. The molecule has 0 saturated carbocycles. The third kappa shape index (κ3) is 2.20. The van der Waals surface area contributed by atoms with E-state index in [1.165, 1.54) is 0 Å². The quantitative estimate of drug-likeness (QED) is 0.739. The van der Waals surface area contributed by atoms with E-state index in [-0.39, 0.29) is 34.7 Å². The number of aromatic amines is 1. The number of thiophene rings is 1. The SMILES string of the molecule is Cc1c(C(=O)O)sc2[nH]c(=O)n(CCCO)c(=O)c12. The number of aliphatic hydroxyl groups is 1. The molecule has 102 valence electrons. The molecule has 0 aliphatic rings. The Morgan fingerprint density at radius 1 is 1.42 bits per heavy atom. The summed E-state index contributed by atoms with van der Waals surface area (Å²) in [4.78, 5) is 37.8. The number of carboxylic acid groups (broad SMARTS) is 1. The predicted molar refractivity (Wildman–Crippen MR) is 70.1 cm³/mol. The lowest BCUT2D eigenvalue weighted by Gasteiger charge is -2.03. The van der Waals surface area contributed by atoms with Crippen LogP contribution < -0.4 is 11.2 Å². The standard InChI is InChI=1S/C11H12N2O5S/c1-5-6-8(19-7(5)10(16)17)12-11(18)13(9(6)15)3-2-4-14/h14H,2-4H2,1H3,(H,12,18)(H,16,17). The van der Waals surface area contributed by atoms with Gasteiger partial charge in [-0.25, -0.2) is 9.59 Å². The molecule has 0 fully saturated rings. The molecule has 0 spiro atoms. The number of rotatable bonds is 4. The van der Waals surface area contributed by atoms with Crippen LogP contribution in [0.25, 0.3) is 10.2 Å². The Kier molecular flexibility index (Phi) is 3.54. The summed E-state index contributed by atoms with van der Waals surface area (Å²) in [5, 5.41) is 18.0. The van der Waals surface area contributed by atoms with Crippen molar-refractivity contribution in [3.63, 3.8) is 0 Å². The van der Waals surface area contributed by atoms with Gasteiger partial charge in [0, 0.05) is 13.2 Å². The second-order valence-corrected chi connectivity index (χ2v) is 5.05. The number of hydrogen-bond donors (Lipinski definition) is 3. The smallest absolute Gasteiger partial charge is 0.346 e. The fourth-order valence-electron chi connectivity index (χ4n) is 1.89. The summed E-state index contributed by atoms with van der Waals surface area (Å²) in [5.74, 6) is -1.12. The van der Waals surface area contributed by atoms with Gasteiger partial charge in [0.25, 0.3) is 5.56 Å². The number of nitrogens with zero attached hydrogens (tertiary/aromatic N) is 1. The number of aryl methyl sites for hydroxylation is 1. The number of carbonyl (C=O) groups is 1. The largest absolute Gasteiger partial charge is 0.477 e. The Bertz CT molecular complexity index is 755. The van der Waals surface area contributed by atoms with Crippen LogP contribution >= 0.6 is 11.3 Å². The lowest BCUT2D eigenvalue weighted by molar-refractivity contribution is 0.0701. The summed E-state index contributed by atoms with van der Waals surface area (Å²) in [6.45, 7) is 1.50. The van der Waals surface area contributed by atoms with Crippen molar-refractivity contribution in [2.75, 3.05) is 6.61 Å². The Balaban J connectivity index is 2.76. The zero-order valence-corrected chi connectivity index (χ0v) is 10.9. The van der Waals surface area contributed by atoms with Crippen LogP contribution in [0.4, 0.5) is 0 Å². The van der Waals surface area contributed by atoms with Crippen molar-refractivity contribution in [3.8, 4) is 0 Å². The van der Waals surface area contributed by atoms with Gasteiger partial charge in [0.15, 0.2) is 0 Å². The zero-order chi connectivity index (χ0) is 14.2. The first kappa shape index (κ1) is 13.5. The van der Waals surface area contributed by atoms with Crippen LogP contribution in [0.1, 0.15) is 21.7 Å². The first-order chi connectivity index (χ1) is 8.97. The average molecular weight is 284 g/mol. The van der Waals surface area contributed by atoms with Gasteiger partial charge in [-0.1, -0.05) is 0 Å². The van der Waals surface area contributed by atoms with Gasteiger partial charge in [0.05, 0.1) is 5.39 Å². The van der Waals surface area contributed by atoms with Crippen molar-refractivity contribution in [2.45, 2.75) is 19.9 Å². The molecule has 8 heteroatoms. The van der Waals surface area contributed by atoms with E-state index in [1.54, 1.807) is 6.92 Å². The Hall–Kier alpha value is -1.93. The van der Waals surface area contributed by atoms with Crippen molar-refractivity contribution in [1.29, 1.82) is 0 Å². The van der Waals surface area contributed by atoms with E-state index in [0.29, 0.717) is 5.56 Å². The van der Waals surface area contributed by atoms with Crippen LogP contribution in [-0.2, 0) is 6.54 Å². The highest BCUT2D eigenvalue weighted by Gasteiger charge is 2.19. The minimum atomic E-state index is -1.12. The maximum absolute atomic E-state index is 12.2. The molecule has 19 heavy (non-hydrogen) atoms. The summed E-state index contributed by atoms with van der Waals surface area (Å²) in [5.41, 5.74) is -0.760. The van der Waals surface area contributed by atoms with Crippen molar-refractivity contribution < 1.29 is 15.0 Å². The third-order valence-corrected chi connectivity index (χ3v) is 4.00. The minimum Gasteiger partial charge on any atom is -0.477 e. The molecule has 0 unspecified atom stereocenters. The minimum absolute atomic E-state index is 0.0441. The molecule has 0 saturated heterocycles. The Morgan fingerprint density at radius 2 is 2.11 bits per heavy atom. The van der Waals surface area contributed by atoms with Gasteiger partial charge in [-0.2, -0.15) is 0 Å². The number of H-pyrrole nitrogens is 1. The van der Waals surface area contributed by atoms with E-state index in [9.17, 15) is 14.4 Å². The lowest BCUT2D eigenvalue weighted by atomic mass is 10.2. The molecule has 7 nitrogen and oxygen atoms in total. The van der Waals surface area contributed by atoms with Crippen molar-refractivity contribution in [3.05, 3.63) is 31.3 Å². The number of hydrogen-bond acceptors (Lipinski definition) is 5. The second-order valence-electron chi connectivity index (χ2n) is 4.03. The van der Waals surface area contributed by atoms with Crippen molar-refractivity contribution in [1.82, 2.24) is 9.55 Å². The van der Waals surface area contributed by atoms with Crippen LogP contribution in [-0.4, -0.2) is 32.3 Å². The van der Waals surface area contributed by atoms with Gasteiger partial charge in [-0.15, -0.1) is 11.3 Å². The van der Waals surface area contributed by atoms with Crippen LogP contribution in [0.15, 0.2) is 9.59 Å². The summed E-state index contributed by atoms with van der Waals surface area (Å²) in [7, 11) is 0. The van der Waals surface area contributed by atoms with E-state index < -0.39 is 17.2 Å². The highest BCUT2D eigenvalue weighted by atomic mass is 32.1. The second kappa shape index (κ2) is 4.98. The number of fused-ring (bicyclic) bond motifs is 1. The van der Waals surface area contributed by atoms with Gasteiger partial charge in [0.2, 0.25) is 0 Å². The van der Waals surface area contributed by atoms with Crippen LogP contribution in [0.3, 0.4) is 0 Å². The predicted octanol–water partition coefficient (Wildman–Crippen LogP) is 0.140. The molecule has 2 aromatic heterocycles. The van der Waals surface area contributed by atoms with Gasteiger partial charge >= 0.3 is 11.7 Å². The molecule has 0 bridgehead atoms. The number of aliphatic hydroxyl groups excluding tert-OH is 1. The highest BCUT2D eigenvalue weighted by Crippen LogP contribution is 2.25. The van der Waals surface area contributed by atoms with Gasteiger partial charge in [-0.05, 0) is 18.9 Å². The molecule has 2 rings (SSSR count). The molecule has 0 aliphatic heterocycles. The highest BCUT2D eigenvalue weighted by molar-refractivity contribution is 7.20. The fourth-order valence-corrected chi connectivity index (χ4v) is 2.91. The fraction of sp³-hybridized carbons (Fsp3) is 0.364. The molecule has 0 aliphatic carbocycles. The van der Waals surface area contributed by atoms with Gasteiger partial charge in [-0.3, -0.25) is 14.3 Å². The Labute approximate surface area is 110 Å². The van der Waals surface area contributed by atoms with E-state index in [4.69, 9.17) is 10.2 Å². The summed E-state index contributed by atoms with van der Waals surface area (Å²) in [6.07, 6.45) is 0.281. The molecule has 3 N–H and O–H groups in total. The van der Waals surface area contributed by atoms with Crippen LogP contribution in [0, 0.1) is 6.92 Å². The van der Waals surface area contributed by atoms with E-state index >= 15 is 0 Å². The van der Waals surface area contributed by atoms with Crippen LogP contribution in [0.2, 0.25) is 0 Å². The van der Waals surface area contributed by atoms with Gasteiger partial charge in [0.1, 0.15) is 9.71 Å². The monoisotopic (exact) mass is 284 g/mol. The summed E-state index contributed by atoms with van der Waals surface area (Å²) >= 11 is 0.875. The summed E-state index contributed by atoms with van der Waals surface area (Å²) < 4.78 is 0.976. The number of nitrogens with one attached hydrogen (secondary N) is 1. The maximum atomic E-state index is 12.2. The number of carboxylic acids is 1. The molecule has 0 aromatic carbocycles. The van der Waals surface area contributed by atoms with E-state index in [2.05, 4.69) is 4.98 Å². The van der Waals surface area contributed by atoms with E-state index in [1.807, 2.05) is 0 Å². The Morgan fingerprint density at radius 3 is 2.68 bits per heavy atom.